The molecule has 1 fully saturated rings. The lowest BCUT2D eigenvalue weighted by atomic mass is 10.2. The lowest BCUT2D eigenvalue weighted by Crippen LogP contribution is -2.31. The maximum atomic E-state index is 12.2. The van der Waals surface area contributed by atoms with E-state index >= 15 is 0 Å². The molecule has 2 aliphatic rings. The molecule has 0 N–H and O–H groups in total. The van der Waals surface area contributed by atoms with E-state index in [0.29, 0.717) is 24.9 Å². The summed E-state index contributed by atoms with van der Waals surface area (Å²) in [6, 6.07) is 4.64. The van der Waals surface area contributed by atoms with Crippen LogP contribution in [0.5, 0.6) is 11.5 Å². The number of hydrogen-bond acceptors (Lipinski definition) is 3. The second-order valence-electron chi connectivity index (χ2n) is 4.89. The van der Waals surface area contributed by atoms with Crippen LogP contribution in [0.25, 0.3) is 0 Å². The predicted octanol–water partition coefficient (Wildman–Crippen LogP) is 2.94. The molecule has 3 nitrogen and oxygen atoms in total. The van der Waals surface area contributed by atoms with Crippen molar-refractivity contribution in [2.24, 2.45) is 0 Å². The Morgan fingerprint density at radius 3 is 2.95 bits per heavy atom. The molecule has 0 saturated carbocycles. The minimum absolute atomic E-state index is 0.188. The van der Waals surface area contributed by atoms with E-state index in [1.807, 2.05) is 0 Å². The SMILES string of the molecule is FC(F)(F)Oc1ccc2c(c1)CN1CCC[C@@H]1CO2. The minimum atomic E-state index is -4.66. The van der Waals surface area contributed by atoms with Crippen molar-refractivity contribution in [3.63, 3.8) is 0 Å². The summed E-state index contributed by atoms with van der Waals surface area (Å²) in [5, 5.41) is 0. The standard InChI is InChI=1S/C13H14F3NO2/c14-13(15,16)19-11-3-4-12-9(6-11)7-17-5-1-2-10(17)8-18-12/h3-4,6,10H,1-2,5,7-8H2/t10-/m1/s1. The molecule has 0 aliphatic carbocycles. The fourth-order valence-electron chi connectivity index (χ4n) is 2.71. The van der Waals surface area contributed by atoms with Crippen molar-refractivity contribution in [3.05, 3.63) is 23.8 Å². The summed E-state index contributed by atoms with van der Waals surface area (Å²) >= 11 is 0. The Morgan fingerprint density at radius 2 is 2.16 bits per heavy atom. The zero-order valence-corrected chi connectivity index (χ0v) is 10.2. The Labute approximate surface area is 108 Å². The first-order valence-electron chi connectivity index (χ1n) is 6.27. The Balaban J connectivity index is 1.84. The van der Waals surface area contributed by atoms with Crippen LogP contribution in [0.3, 0.4) is 0 Å². The van der Waals surface area contributed by atoms with Gasteiger partial charge in [-0.3, -0.25) is 4.90 Å². The Hall–Kier alpha value is -1.43. The van der Waals surface area contributed by atoms with Gasteiger partial charge < -0.3 is 9.47 Å². The molecule has 19 heavy (non-hydrogen) atoms. The molecule has 0 amide bonds. The van der Waals surface area contributed by atoms with Crippen molar-refractivity contribution in [1.29, 1.82) is 0 Å². The first-order chi connectivity index (χ1) is 9.01. The normalized spacial score (nSPS) is 23.2. The third-order valence-electron chi connectivity index (χ3n) is 3.57. The van der Waals surface area contributed by atoms with E-state index in [4.69, 9.17) is 4.74 Å². The van der Waals surface area contributed by atoms with Gasteiger partial charge in [-0.15, -0.1) is 13.2 Å². The summed E-state index contributed by atoms with van der Waals surface area (Å²) in [5.74, 6) is 0.469. The molecule has 0 radical (unpaired) electrons. The quantitative estimate of drug-likeness (QED) is 0.785. The van der Waals surface area contributed by atoms with Crippen LogP contribution < -0.4 is 9.47 Å². The lowest BCUT2D eigenvalue weighted by Gasteiger charge is -2.19. The van der Waals surface area contributed by atoms with Gasteiger partial charge in [-0.2, -0.15) is 0 Å². The molecule has 1 aromatic rings. The van der Waals surface area contributed by atoms with Gasteiger partial charge in [-0.1, -0.05) is 0 Å². The third-order valence-corrected chi connectivity index (χ3v) is 3.57. The van der Waals surface area contributed by atoms with E-state index in [0.717, 1.165) is 24.9 Å². The highest BCUT2D eigenvalue weighted by atomic mass is 19.4. The molecule has 0 spiro atoms. The molecule has 3 rings (SSSR count). The molecular weight excluding hydrogens is 259 g/mol. The number of nitrogens with zero attached hydrogens (tertiary/aromatic N) is 1. The van der Waals surface area contributed by atoms with Crippen LogP contribution in [0, 0.1) is 0 Å². The van der Waals surface area contributed by atoms with Crippen molar-refractivity contribution < 1.29 is 22.6 Å². The molecule has 6 heteroatoms. The number of fused-ring (bicyclic) bond motifs is 2. The smallest absolute Gasteiger partial charge is 0.492 e. The number of alkyl halides is 3. The summed E-state index contributed by atoms with van der Waals surface area (Å²) in [6.07, 6.45) is -2.46. The van der Waals surface area contributed by atoms with Gasteiger partial charge in [0.2, 0.25) is 0 Å². The molecule has 0 bridgehead atoms. The highest BCUT2D eigenvalue weighted by Crippen LogP contribution is 2.33. The third kappa shape index (κ3) is 2.78. The second kappa shape index (κ2) is 4.59. The van der Waals surface area contributed by atoms with E-state index in [1.165, 1.54) is 12.1 Å². The van der Waals surface area contributed by atoms with Gasteiger partial charge in [0, 0.05) is 18.2 Å². The first-order valence-corrected chi connectivity index (χ1v) is 6.27. The summed E-state index contributed by atoms with van der Waals surface area (Å²) in [7, 11) is 0. The summed E-state index contributed by atoms with van der Waals surface area (Å²) in [6.45, 7) is 2.19. The van der Waals surface area contributed by atoms with Crippen LogP contribution in [0.15, 0.2) is 18.2 Å². The number of rotatable bonds is 1. The van der Waals surface area contributed by atoms with Gasteiger partial charge in [0.05, 0.1) is 0 Å². The first kappa shape index (κ1) is 12.6. The van der Waals surface area contributed by atoms with Crippen molar-refractivity contribution in [2.75, 3.05) is 13.2 Å². The van der Waals surface area contributed by atoms with Gasteiger partial charge in [-0.25, -0.2) is 0 Å². The molecule has 1 aromatic carbocycles. The highest BCUT2D eigenvalue weighted by molar-refractivity contribution is 5.41. The topological polar surface area (TPSA) is 21.7 Å². The van der Waals surface area contributed by atoms with Crippen molar-refractivity contribution in [1.82, 2.24) is 4.90 Å². The zero-order chi connectivity index (χ0) is 13.5. The molecule has 1 saturated heterocycles. The van der Waals surface area contributed by atoms with Gasteiger partial charge in [0.15, 0.2) is 0 Å². The fourth-order valence-corrected chi connectivity index (χ4v) is 2.71. The molecule has 104 valence electrons. The van der Waals surface area contributed by atoms with Crippen LogP contribution in [-0.4, -0.2) is 30.5 Å². The summed E-state index contributed by atoms with van der Waals surface area (Å²) in [5.41, 5.74) is 0.756. The number of halogens is 3. The Kier molecular flexibility index (Phi) is 3.05. The van der Waals surface area contributed by atoms with E-state index in [-0.39, 0.29) is 5.75 Å². The minimum Gasteiger partial charge on any atom is -0.492 e. The second-order valence-corrected chi connectivity index (χ2v) is 4.89. The van der Waals surface area contributed by atoms with Crippen molar-refractivity contribution >= 4 is 0 Å². The molecule has 0 unspecified atom stereocenters. The van der Waals surface area contributed by atoms with Crippen LogP contribution in [-0.2, 0) is 6.54 Å². The Bertz CT molecular complexity index is 475. The molecular formula is C13H14F3NO2. The molecule has 1 atom stereocenters. The fraction of sp³-hybridized carbons (Fsp3) is 0.538. The molecule has 2 aliphatic heterocycles. The predicted molar refractivity (Wildman–Crippen MR) is 62.1 cm³/mol. The molecule has 2 heterocycles. The number of hydrogen-bond donors (Lipinski definition) is 0. The van der Waals surface area contributed by atoms with Crippen molar-refractivity contribution in [2.45, 2.75) is 31.8 Å². The maximum Gasteiger partial charge on any atom is 0.573 e. The monoisotopic (exact) mass is 273 g/mol. The van der Waals surface area contributed by atoms with E-state index < -0.39 is 6.36 Å². The van der Waals surface area contributed by atoms with E-state index in [2.05, 4.69) is 9.64 Å². The lowest BCUT2D eigenvalue weighted by molar-refractivity contribution is -0.274. The maximum absolute atomic E-state index is 12.2. The van der Waals surface area contributed by atoms with Gasteiger partial charge >= 0.3 is 6.36 Å². The zero-order valence-electron chi connectivity index (χ0n) is 10.2. The van der Waals surface area contributed by atoms with Crippen LogP contribution in [0.2, 0.25) is 0 Å². The van der Waals surface area contributed by atoms with Crippen LogP contribution in [0.1, 0.15) is 18.4 Å². The van der Waals surface area contributed by atoms with Gasteiger partial charge in [0.1, 0.15) is 18.1 Å². The van der Waals surface area contributed by atoms with E-state index in [9.17, 15) is 13.2 Å². The van der Waals surface area contributed by atoms with E-state index in [1.54, 1.807) is 6.07 Å². The largest absolute Gasteiger partial charge is 0.573 e. The summed E-state index contributed by atoms with van der Waals surface area (Å²) in [4.78, 5) is 2.25. The van der Waals surface area contributed by atoms with Gasteiger partial charge in [0.25, 0.3) is 0 Å². The highest BCUT2D eigenvalue weighted by Gasteiger charge is 2.32. The number of benzene rings is 1. The number of ether oxygens (including phenoxy) is 2. The molecule has 0 aromatic heterocycles. The summed E-state index contributed by atoms with van der Waals surface area (Å²) < 4.78 is 46.2. The van der Waals surface area contributed by atoms with Crippen LogP contribution in [0.4, 0.5) is 13.2 Å². The van der Waals surface area contributed by atoms with Crippen LogP contribution >= 0.6 is 0 Å². The average Bonchev–Trinajstić information content (AvgIpc) is 2.67. The Morgan fingerprint density at radius 1 is 1.32 bits per heavy atom. The van der Waals surface area contributed by atoms with Gasteiger partial charge in [-0.05, 0) is 37.6 Å². The van der Waals surface area contributed by atoms with Crippen molar-refractivity contribution in [3.8, 4) is 11.5 Å². The average molecular weight is 273 g/mol.